The van der Waals surface area contributed by atoms with E-state index in [-0.39, 0.29) is 43.7 Å². The van der Waals surface area contributed by atoms with Crippen LogP contribution in [-0.2, 0) is 11.3 Å². The number of carbonyl (C=O) groups excluding carboxylic acids is 2. The maximum absolute atomic E-state index is 12.7. The smallest absolute Gasteiger partial charge is 0.406 e. The number of urea groups is 1. The standard InChI is InChI=1S/C23H24F3N5O5/c24-23(25,26)36-18-8-6-17(7-9-18)28-22(34)30-19-15-31(14-16-4-2-1-3-5-16)20(29-19)21(33)27-10-12-35-13-11-32/h1-9,15,32H,10-14H2,(H,27,33)(H2,28,30,34). The molecule has 1 heterocycles. The predicted octanol–water partition coefficient (Wildman–Crippen LogP) is 3.21. The summed E-state index contributed by atoms with van der Waals surface area (Å²) in [7, 11) is 0. The number of ether oxygens (including phenoxy) is 2. The lowest BCUT2D eigenvalue weighted by Crippen LogP contribution is -2.30. The zero-order valence-corrected chi connectivity index (χ0v) is 18.9. The van der Waals surface area contributed by atoms with Gasteiger partial charge in [0.2, 0.25) is 5.82 Å². The molecule has 4 N–H and O–H groups in total. The van der Waals surface area contributed by atoms with Crippen molar-refractivity contribution in [2.45, 2.75) is 12.9 Å². The van der Waals surface area contributed by atoms with Gasteiger partial charge in [-0.2, -0.15) is 0 Å². The van der Waals surface area contributed by atoms with Crippen LogP contribution in [-0.4, -0.2) is 59.3 Å². The first-order chi connectivity index (χ1) is 17.2. The van der Waals surface area contributed by atoms with Crippen molar-refractivity contribution in [1.29, 1.82) is 0 Å². The number of carbonyl (C=O) groups is 2. The van der Waals surface area contributed by atoms with Gasteiger partial charge in [0, 0.05) is 25.0 Å². The lowest BCUT2D eigenvalue weighted by Gasteiger charge is -2.10. The zero-order chi connectivity index (χ0) is 26.0. The van der Waals surface area contributed by atoms with Gasteiger partial charge >= 0.3 is 12.4 Å². The molecule has 0 saturated heterocycles. The molecule has 0 aliphatic rings. The van der Waals surface area contributed by atoms with Gasteiger partial charge in [-0.3, -0.25) is 10.1 Å². The molecule has 36 heavy (non-hydrogen) atoms. The molecule has 10 nitrogen and oxygen atoms in total. The third kappa shape index (κ3) is 8.60. The van der Waals surface area contributed by atoms with Gasteiger partial charge in [0.15, 0.2) is 5.82 Å². The minimum Gasteiger partial charge on any atom is -0.406 e. The van der Waals surface area contributed by atoms with Crippen LogP contribution in [0.15, 0.2) is 60.8 Å². The number of hydrogen-bond acceptors (Lipinski definition) is 6. The van der Waals surface area contributed by atoms with Crippen molar-refractivity contribution >= 4 is 23.4 Å². The topological polar surface area (TPSA) is 127 Å². The van der Waals surface area contributed by atoms with Crippen molar-refractivity contribution < 1.29 is 37.3 Å². The van der Waals surface area contributed by atoms with E-state index < -0.39 is 24.1 Å². The first-order valence-electron chi connectivity index (χ1n) is 10.8. The van der Waals surface area contributed by atoms with E-state index in [4.69, 9.17) is 9.84 Å². The molecule has 13 heteroatoms. The normalized spacial score (nSPS) is 11.1. The van der Waals surface area contributed by atoms with Crippen LogP contribution in [0.4, 0.5) is 29.5 Å². The molecule has 0 unspecified atom stereocenters. The quantitative estimate of drug-likeness (QED) is 0.295. The highest BCUT2D eigenvalue weighted by Gasteiger charge is 2.31. The third-order valence-electron chi connectivity index (χ3n) is 4.53. The van der Waals surface area contributed by atoms with Gasteiger partial charge in [0.25, 0.3) is 5.91 Å². The lowest BCUT2D eigenvalue weighted by molar-refractivity contribution is -0.274. The molecular formula is C23H24F3N5O5. The summed E-state index contributed by atoms with van der Waals surface area (Å²) >= 11 is 0. The molecule has 0 radical (unpaired) electrons. The predicted molar refractivity (Wildman–Crippen MR) is 124 cm³/mol. The Kier molecular flexibility index (Phi) is 9.25. The number of alkyl halides is 3. The molecule has 192 valence electrons. The van der Waals surface area contributed by atoms with Crippen LogP contribution < -0.4 is 20.7 Å². The Balaban J connectivity index is 1.67. The van der Waals surface area contributed by atoms with E-state index in [1.54, 1.807) is 4.57 Å². The summed E-state index contributed by atoms with van der Waals surface area (Å²) in [6.07, 6.45) is -3.33. The van der Waals surface area contributed by atoms with Crippen molar-refractivity contribution in [1.82, 2.24) is 14.9 Å². The average molecular weight is 507 g/mol. The van der Waals surface area contributed by atoms with Gasteiger partial charge in [-0.25, -0.2) is 9.78 Å². The Bertz CT molecular complexity index is 1140. The van der Waals surface area contributed by atoms with Crippen molar-refractivity contribution in [3.63, 3.8) is 0 Å². The second-order valence-corrected chi connectivity index (χ2v) is 7.31. The first kappa shape index (κ1) is 26.5. The Morgan fingerprint density at radius 2 is 1.72 bits per heavy atom. The summed E-state index contributed by atoms with van der Waals surface area (Å²) in [5.41, 5.74) is 1.11. The number of aromatic nitrogens is 2. The molecule has 1 aromatic heterocycles. The highest BCUT2D eigenvalue weighted by Crippen LogP contribution is 2.24. The van der Waals surface area contributed by atoms with E-state index >= 15 is 0 Å². The highest BCUT2D eigenvalue weighted by molar-refractivity contribution is 5.99. The minimum absolute atomic E-state index is 0.0463. The molecular weight excluding hydrogens is 483 g/mol. The van der Waals surface area contributed by atoms with Crippen LogP contribution in [0.25, 0.3) is 0 Å². The molecule has 0 fully saturated rings. The molecule has 0 aliphatic heterocycles. The molecule has 3 aromatic rings. The van der Waals surface area contributed by atoms with Crippen molar-refractivity contribution in [3.8, 4) is 5.75 Å². The van der Waals surface area contributed by atoms with Crippen LogP contribution in [0, 0.1) is 0 Å². The fourth-order valence-electron chi connectivity index (χ4n) is 3.06. The van der Waals surface area contributed by atoms with E-state index in [2.05, 4.69) is 25.7 Å². The van der Waals surface area contributed by atoms with Gasteiger partial charge in [0.1, 0.15) is 5.75 Å². The largest absolute Gasteiger partial charge is 0.573 e. The third-order valence-corrected chi connectivity index (χ3v) is 4.53. The number of aliphatic hydroxyl groups is 1. The molecule has 0 spiro atoms. The van der Waals surface area contributed by atoms with Crippen LogP contribution in [0.5, 0.6) is 5.75 Å². The number of nitrogens with zero attached hydrogens (tertiary/aromatic N) is 2. The summed E-state index contributed by atoms with van der Waals surface area (Å²) < 4.78 is 47.3. The summed E-state index contributed by atoms with van der Waals surface area (Å²) in [6.45, 7) is 0.722. The SMILES string of the molecule is O=C(Nc1ccc(OC(F)(F)F)cc1)Nc1cn(Cc2ccccc2)c(C(=O)NCCOCCO)n1. The number of nitrogens with one attached hydrogen (secondary N) is 3. The number of amides is 3. The summed E-state index contributed by atoms with van der Waals surface area (Å²) in [5, 5.41) is 16.4. The Hall–Kier alpha value is -4.10. The second-order valence-electron chi connectivity index (χ2n) is 7.31. The Labute approximate surface area is 204 Å². The molecule has 3 amide bonds. The second kappa shape index (κ2) is 12.6. The van der Waals surface area contributed by atoms with Gasteiger partial charge in [0.05, 0.1) is 19.8 Å². The Morgan fingerprint density at radius 1 is 1.00 bits per heavy atom. The van der Waals surface area contributed by atoms with E-state index in [9.17, 15) is 22.8 Å². The van der Waals surface area contributed by atoms with Crippen LogP contribution in [0.1, 0.15) is 16.2 Å². The van der Waals surface area contributed by atoms with Crippen LogP contribution in [0.2, 0.25) is 0 Å². The highest BCUT2D eigenvalue weighted by atomic mass is 19.4. The molecule has 2 aromatic carbocycles. The van der Waals surface area contributed by atoms with Gasteiger partial charge < -0.3 is 29.8 Å². The number of halogens is 3. The monoisotopic (exact) mass is 507 g/mol. The van der Waals surface area contributed by atoms with E-state index in [1.165, 1.54) is 18.3 Å². The fraction of sp³-hybridized carbons (Fsp3) is 0.261. The molecule has 0 saturated carbocycles. The maximum Gasteiger partial charge on any atom is 0.573 e. The number of hydrogen-bond donors (Lipinski definition) is 4. The van der Waals surface area contributed by atoms with E-state index in [0.29, 0.717) is 6.54 Å². The fourth-order valence-corrected chi connectivity index (χ4v) is 3.06. The van der Waals surface area contributed by atoms with Crippen molar-refractivity contribution in [2.24, 2.45) is 0 Å². The summed E-state index contributed by atoms with van der Waals surface area (Å²) in [4.78, 5) is 29.3. The minimum atomic E-state index is -4.82. The molecule has 3 rings (SSSR count). The average Bonchev–Trinajstić information content (AvgIpc) is 3.21. The molecule has 0 bridgehead atoms. The van der Waals surface area contributed by atoms with Crippen molar-refractivity contribution in [3.05, 3.63) is 72.2 Å². The van der Waals surface area contributed by atoms with Gasteiger partial charge in [-0.1, -0.05) is 30.3 Å². The Morgan fingerprint density at radius 3 is 2.39 bits per heavy atom. The number of anilines is 2. The van der Waals surface area contributed by atoms with Crippen LogP contribution in [0.3, 0.4) is 0 Å². The number of benzene rings is 2. The van der Waals surface area contributed by atoms with Gasteiger partial charge in [-0.15, -0.1) is 13.2 Å². The summed E-state index contributed by atoms with van der Waals surface area (Å²) in [5.74, 6) is -0.787. The van der Waals surface area contributed by atoms with E-state index in [1.807, 2.05) is 30.3 Å². The number of imidazole rings is 1. The maximum atomic E-state index is 12.7. The summed E-state index contributed by atoms with van der Waals surface area (Å²) in [6, 6.07) is 13.2. The number of aliphatic hydroxyl groups excluding tert-OH is 1. The van der Waals surface area contributed by atoms with Crippen LogP contribution >= 0.6 is 0 Å². The molecule has 0 atom stereocenters. The van der Waals surface area contributed by atoms with Crippen molar-refractivity contribution in [2.75, 3.05) is 37.0 Å². The zero-order valence-electron chi connectivity index (χ0n) is 18.9. The lowest BCUT2D eigenvalue weighted by atomic mass is 10.2. The molecule has 0 aliphatic carbocycles. The first-order valence-corrected chi connectivity index (χ1v) is 10.8. The van der Waals surface area contributed by atoms with E-state index in [0.717, 1.165) is 17.7 Å². The van der Waals surface area contributed by atoms with Gasteiger partial charge in [-0.05, 0) is 29.8 Å². The number of rotatable bonds is 11.